The summed E-state index contributed by atoms with van der Waals surface area (Å²) in [5.41, 5.74) is 0.808. The predicted octanol–water partition coefficient (Wildman–Crippen LogP) is 3.75. The first-order valence-corrected chi connectivity index (χ1v) is 6.68. The van der Waals surface area contributed by atoms with Gasteiger partial charge in [-0.2, -0.15) is 0 Å². The average Bonchev–Trinajstić information content (AvgIpc) is 2.32. The van der Waals surface area contributed by atoms with E-state index in [0.717, 1.165) is 37.2 Å². The van der Waals surface area contributed by atoms with E-state index in [1.54, 1.807) is 7.11 Å². The molecule has 0 aromatic carbocycles. The quantitative estimate of drug-likeness (QED) is 0.786. The third-order valence-corrected chi connectivity index (χ3v) is 3.49. The Bertz CT molecular complexity index is 402. The molecule has 0 saturated carbocycles. The normalized spacial score (nSPS) is 11.8. The molecule has 0 aliphatic rings. The molecule has 1 N–H and O–H groups in total. The van der Waals surface area contributed by atoms with Crippen LogP contribution in [0.1, 0.15) is 51.6 Å². The van der Waals surface area contributed by atoms with Crippen molar-refractivity contribution in [1.82, 2.24) is 9.97 Å². The van der Waals surface area contributed by atoms with Crippen molar-refractivity contribution < 1.29 is 4.74 Å². The van der Waals surface area contributed by atoms with Crippen molar-refractivity contribution in [3.8, 4) is 0 Å². The topological polar surface area (TPSA) is 37.9 Å². The predicted molar refractivity (Wildman–Crippen MR) is 72.7 cm³/mol. The van der Waals surface area contributed by atoms with Gasteiger partial charge in [0.1, 0.15) is 16.1 Å². The van der Waals surface area contributed by atoms with Crippen molar-refractivity contribution in [1.29, 1.82) is 0 Å². The molecule has 0 aliphatic carbocycles. The molecule has 1 aromatic rings. The van der Waals surface area contributed by atoms with Crippen LogP contribution >= 0.6 is 12.2 Å². The number of hydrogen-bond donors (Lipinski definition) is 1. The number of nitrogens with zero attached hydrogens (tertiary/aromatic N) is 1. The van der Waals surface area contributed by atoms with Crippen LogP contribution in [-0.2, 0) is 16.8 Å². The highest BCUT2D eigenvalue weighted by Gasteiger charge is 2.30. The second-order valence-corrected chi connectivity index (χ2v) is 4.67. The second kappa shape index (κ2) is 6.26. The molecular weight excluding hydrogens is 232 g/mol. The molecule has 0 saturated heterocycles. The van der Waals surface area contributed by atoms with Crippen molar-refractivity contribution in [2.75, 3.05) is 7.11 Å². The lowest BCUT2D eigenvalue weighted by molar-refractivity contribution is -0.0294. The highest BCUT2D eigenvalue weighted by atomic mass is 32.1. The van der Waals surface area contributed by atoms with Gasteiger partial charge in [0.2, 0.25) is 0 Å². The maximum absolute atomic E-state index is 5.67. The number of aromatic nitrogens is 2. The number of rotatable bonds is 6. The van der Waals surface area contributed by atoms with Gasteiger partial charge in [-0.3, -0.25) is 0 Å². The molecule has 17 heavy (non-hydrogen) atoms. The summed E-state index contributed by atoms with van der Waals surface area (Å²) in [5.74, 6) is 0.862. The first-order valence-electron chi connectivity index (χ1n) is 6.27. The summed E-state index contributed by atoms with van der Waals surface area (Å²) in [6.45, 7) is 6.37. The molecule has 0 aliphatic heterocycles. The van der Waals surface area contributed by atoms with Crippen LogP contribution in [0.4, 0.5) is 0 Å². The number of aromatic amines is 1. The highest BCUT2D eigenvalue weighted by Crippen LogP contribution is 2.29. The Morgan fingerprint density at radius 2 is 2.00 bits per heavy atom. The van der Waals surface area contributed by atoms with E-state index in [0.29, 0.717) is 4.64 Å². The van der Waals surface area contributed by atoms with Gasteiger partial charge in [-0.05, 0) is 25.3 Å². The first kappa shape index (κ1) is 14.3. The second-order valence-electron chi connectivity index (χ2n) is 4.25. The van der Waals surface area contributed by atoms with Crippen molar-refractivity contribution in [3.05, 3.63) is 22.2 Å². The number of H-pyrrole nitrogens is 1. The van der Waals surface area contributed by atoms with Gasteiger partial charge in [0.15, 0.2) is 0 Å². The van der Waals surface area contributed by atoms with Crippen molar-refractivity contribution in [2.45, 2.75) is 52.1 Å². The highest BCUT2D eigenvalue weighted by molar-refractivity contribution is 7.71. The Balaban J connectivity index is 3.24. The Hall–Kier alpha value is -0.740. The zero-order valence-electron chi connectivity index (χ0n) is 11.2. The zero-order chi connectivity index (χ0) is 12.9. The maximum Gasteiger partial charge on any atom is 0.140 e. The molecule has 3 nitrogen and oxygen atoms in total. The van der Waals surface area contributed by atoms with Crippen molar-refractivity contribution in [2.24, 2.45) is 0 Å². The molecule has 0 amide bonds. The maximum atomic E-state index is 5.67. The number of methoxy groups -OCH3 is 1. The van der Waals surface area contributed by atoms with Gasteiger partial charge in [0, 0.05) is 12.8 Å². The Morgan fingerprint density at radius 3 is 2.47 bits per heavy atom. The minimum absolute atomic E-state index is 0.336. The molecule has 0 unspecified atom stereocenters. The fourth-order valence-electron chi connectivity index (χ4n) is 2.10. The summed E-state index contributed by atoms with van der Waals surface area (Å²) < 4.78 is 6.31. The van der Waals surface area contributed by atoms with Crippen molar-refractivity contribution >= 4 is 12.2 Å². The summed E-state index contributed by atoms with van der Waals surface area (Å²) >= 11 is 5.23. The lowest BCUT2D eigenvalue weighted by atomic mass is 9.96. The molecule has 0 fully saturated rings. The van der Waals surface area contributed by atoms with Gasteiger partial charge in [-0.1, -0.05) is 39.4 Å². The fourth-order valence-corrected chi connectivity index (χ4v) is 2.33. The molecule has 1 rings (SSSR count). The van der Waals surface area contributed by atoms with Crippen LogP contribution in [0.25, 0.3) is 0 Å². The SMILES string of the molecule is CCCc1cc(=S)nc(C(CC)(CC)OC)[nH]1. The van der Waals surface area contributed by atoms with Crippen LogP contribution in [-0.4, -0.2) is 17.1 Å². The summed E-state index contributed by atoms with van der Waals surface area (Å²) in [5, 5.41) is 0. The minimum Gasteiger partial charge on any atom is -0.370 e. The molecule has 1 aromatic heterocycles. The minimum atomic E-state index is -0.336. The smallest absolute Gasteiger partial charge is 0.140 e. The van der Waals surface area contributed by atoms with Crippen LogP contribution in [0, 0.1) is 4.64 Å². The Labute approximate surface area is 109 Å². The van der Waals surface area contributed by atoms with Gasteiger partial charge in [0.25, 0.3) is 0 Å². The van der Waals surface area contributed by atoms with Crippen LogP contribution in [0.3, 0.4) is 0 Å². The van der Waals surface area contributed by atoms with Gasteiger partial charge in [0.05, 0.1) is 0 Å². The van der Waals surface area contributed by atoms with Crippen LogP contribution in [0.5, 0.6) is 0 Å². The number of nitrogens with one attached hydrogen (secondary N) is 1. The molecule has 0 bridgehead atoms. The summed E-state index contributed by atoms with van der Waals surface area (Å²) in [7, 11) is 1.73. The van der Waals surface area contributed by atoms with Crippen LogP contribution < -0.4 is 0 Å². The molecule has 0 radical (unpaired) electrons. The van der Waals surface area contributed by atoms with E-state index in [9.17, 15) is 0 Å². The van der Waals surface area contributed by atoms with Gasteiger partial charge in [-0.25, -0.2) is 4.98 Å². The number of ether oxygens (including phenoxy) is 1. The largest absolute Gasteiger partial charge is 0.370 e. The van der Waals surface area contributed by atoms with Crippen molar-refractivity contribution in [3.63, 3.8) is 0 Å². The molecule has 0 atom stereocenters. The third kappa shape index (κ3) is 3.13. The van der Waals surface area contributed by atoms with Gasteiger partial charge >= 0.3 is 0 Å². The van der Waals surface area contributed by atoms with E-state index in [-0.39, 0.29) is 5.60 Å². The number of aryl methyl sites for hydroxylation is 1. The van der Waals surface area contributed by atoms with E-state index in [1.165, 1.54) is 0 Å². The Morgan fingerprint density at radius 1 is 1.35 bits per heavy atom. The average molecular weight is 254 g/mol. The lowest BCUT2D eigenvalue weighted by Crippen LogP contribution is -2.29. The van der Waals surface area contributed by atoms with Gasteiger partial charge < -0.3 is 9.72 Å². The molecule has 0 spiro atoms. The van der Waals surface area contributed by atoms with Crippen LogP contribution in [0.15, 0.2) is 6.07 Å². The Kier molecular flexibility index (Phi) is 5.28. The zero-order valence-corrected chi connectivity index (χ0v) is 12.0. The first-order chi connectivity index (χ1) is 8.11. The van der Waals surface area contributed by atoms with Gasteiger partial charge in [-0.15, -0.1) is 0 Å². The molecule has 1 heterocycles. The standard InChI is InChI=1S/C13H22N2OS/c1-5-8-10-9-11(17)15-12(14-10)13(6-2,7-3)16-4/h9H,5-8H2,1-4H3,(H,14,15,17). The fraction of sp³-hybridized carbons (Fsp3) is 0.692. The summed E-state index contributed by atoms with van der Waals surface area (Å²) in [6, 6.07) is 1.94. The molecular formula is C13H22N2OS. The summed E-state index contributed by atoms with van der Waals surface area (Å²) in [4.78, 5) is 7.81. The monoisotopic (exact) mass is 254 g/mol. The molecule has 96 valence electrons. The van der Waals surface area contributed by atoms with E-state index in [1.807, 2.05) is 6.07 Å². The van der Waals surface area contributed by atoms with E-state index >= 15 is 0 Å². The van der Waals surface area contributed by atoms with E-state index in [4.69, 9.17) is 17.0 Å². The van der Waals surface area contributed by atoms with E-state index in [2.05, 4.69) is 30.7 Å². The number of hydrogen-bond acceptors (Lipinski definition) is 3. The lowest BCUT2D eigenvalue weighted by Gasteiger charge is -2.29. The van der Waals surface area contributed by atoms with Crippen LogP contribution in [0.2, 0.25) is 0 Å². The summed E-state index contributed by atoms with van der Waals surface area (Å²) in [6.07, 6.45) is 3.85. The van der Waals surface area contributed by atoms with E-state index < -0.39 is 0 Å². The molecule has 4 heteroatoms. The third-order valence-electron chi connectivity index (χ3n) is 3.28.